The lowest BCUT2D eigenvalue weighted by Gasteiger charge is -2.12. The predicted molar refractivity (Wildman–Crippen MR) is 113 cm³/mol. The Morgan fingerprint density at radius 1 is 1.30 bits per heavy atom. The summed E-state index contributed by atoms with van der Waals surface area (Å²) < 4.78 is 18.6. The first-order valence-corrected chi connectivity index (χ1v) is 10.4. The van der Waals surface area contributed by atoms with E-state index in [0.717, 1.165) is 37.7 Å². The van der Waals surface area contributed by atoms with Crippen molar-refractivity contribution in [1.29, 1.82) is 0 Å². The third-order valence-corrected chi connectivity index (χ3v) is 6.01. The summed E-state index contributed by atoms with van der Waals surface area (Å²) in [5, 5.41) is 7.09. The average Bonchev–Trinajstić information content (AvgIpc) is 2.79. The zero-order chi connectivity index (χ0) is 19.4. The summed E-state index contributed by atoms with van der Waals surface area (Å²) in [6.45, 7) is 2.11. The molecule has 0 atom stereocenters. The second-order valence-electron chi connectivity index (χ2n) is 6.20. The molecular weight excluding hydrogens is 407 g/mol. The van der Waals surface area contributed by atoms with E-state index in [1.54, 1.807) is 24.3 Å². The van der Waals surface area contributed by atoms with E-state index in [0.29, 0.717) is 28.0 Å². The molecule has 2 N–H and O–H groups in total. The molecule has 3 rings (SSSR count). The molecule has 8 heteroatoms. The van der Waals surface area contributed by atoms with Gasteiger partial charge in [-0.05, 0) is 68.6 Å². The molecule has 0 fully saturated rings. The normalized spacial score (nSPS) is 13.4. The van der Waals surface area contributed by atoms with Crippen LogP contribution < -0.4 is 10.6 Å². The number of hydrogen-bond donors (Lipinski definition) is 2. The summed E-state index contributed by atoms with van der Waals surface area (Å²) in [6, 6.07) is 4.27. The minimum Gasteiger partial charge on any atom is -0.462 e. The predicted octanol–water partition coefficient (Wildman–Crippen LogP) is 5.80. The molecule has 0 spiro atoms. The zero-order valence-electron chi connectivity index (χ0n) is 14.9. The van der Waals surface area contributed by atoms with Crippen molar-refractivity contribution >= 4 is 56.9 Å². The van der Waals surface area contributed by atoms with Crippen molar-refractivity contribution in [3.63, 3.8) is 0 Å². The molecule has 0 radical (unpaired) electrons. The topological polar surface area (TPSA) is 50.4 Å². The number of carbonyl (C=O) groups excluding carboxylic acids is 1. The Kier molecular flexibility index (Phi) is 6.68. The fourth-order valence-electron chi connectivity index (χ4n) is 3.09. The number of thiophene rings is 1. The molecule has 0 saturated heterocycles. The van der Waals surface area contributed by atoms with Gasteiger partial charge in [0.2, 0.25) is 0 Å². The first kappa shape index (κ1) is 20.0. The smallest absolute Gasteiger partial charge is 0.341 e. The quantitative estimate of drug-likeness (QED) is 0.368. The van der Waals surface area contributed by atoms with Gasteiger partial charge < -0.3 is 15.4 Å². The second kappa shape index (κ2) is 8.99. The van der Waals surface area contributed by atoms with Gasteiger partial charge in [0.1, 0.15) is 10.8 Å². The van der Waals surface area contributed by atoms with Crippen molar-refractivity contribution < 1.29 is 13.9 Å². The molecule has 1 aliphatic rings. The van der Waals surface area contributed by atoms with E-state index >= 15 is 0 Å². The Bertz CT molecular complexity index is 870. The Morgan fingerprint density at radius 2 is 2.07 bits per heavy atom. The number of esters is 1. The zero-order valence-corrected chi connectivity index (χ0v) is 17.3. The van der Waals surface area contributed by atoms with Crippen LogP contribution in [0, 0.1) is 5.82 Å². The van der Waals surface area contributed by atoms with Crippen molar-refractivity contribution in [2.24, 2.45) is 0 Å². The largest absolute Gasteiger partial charge is 0.462 e. The number of benzene rings is 1. The van der Waals surface area contributed by atoms with Gasteiger partial charge in [-0.1, -0.05) is 18.0 Å². The maximum atomic E-state index is 13.3. The Hall–Kier alpha value is -1.70. The number of hydrogen-bond acceptors (Lipinski definition) is 4. The molecular formula is C19H20ClFN2O2S2. The van der Waals surface area contributed by atoms with E-state index in [4.69, 9.17) is 28.6 Å². The maximum absolute atomic E-state index is 13.3. The van der Waals surface area contributed by atoms with Crippen LogP contribution in [0.3, 0.4) is 0 Å². The summed E-state index contributed by atoms with van der Waals surface area (Å²) in [5.74, 6) is -0.820. The van der Waals surface area contributed by atoms with E-state index < -0.39 is 5.82 Å². The lowest BCUT2D eigenvalue weighted by Crippen LogP contribution is -2.20. The molecule has 2 aromatic rings. The van der Waals surface area contributed by atoms with Gasteiger partial charge in [0, 0.05) is 10.6 Å². The van der Waals surface area contributed by atoms with E-state index in [9.17, 15) is 9.18 Å². The lowest BCUT2D eigenvalue weighted by molar-refractivity contribution is 0.0527. The Morgan fingerprint density at radius 3 is 2.81 bits per heavy atom. The Labute approximate surface area is 172 Å². The number of aryl methyl sites for hydroxylation is 1. The van der Waals surface area contributed by atoms with Crippen molar-refractivity contribution in [1.82, 2.24) is 0 Å². The molecule has 1 heterocycles. The minimum absolute atomic E-state index is 0.0119. The van der Waals surface area contributed by atoms with Crippen LogP contribution in [0.4, 0.5) is 15.1 Å². The Balaban J connectivity index is 1.83. The van der Waals surface area contributed by atoms with Crippen LogP contribution in [0.15, 0.2) is 18.2 Å². The third-order valence-electron chi connectivity index (χ3n) is 4.31. The molecule has 1 aliphatic carbocycles. The van der Waals surface area contributed by atoms with Gasteiger partial charge in [-0.25, -0.2) is 9.18 Å². The highest BCUT2D eigenvalue weighted by Crippen LogP contribution is 2.38. The monoisotopic (exact) mass is 426 g/mol. The summed E-state index contributed by atoms with van der Waals surface area (Å²) in [6.07, 6.45) is 5.17. The molecule has 1 aromatic heterocycles. The number of nitrogens with one attached hydrogen (secondary N) is 2. The van der Waals surface area contributed by atoms with Gasteiger partial charge in [0.25, 0.3) is 0 Å². The van der Waals surface area contributed by atoms with E-state index in [1.807, 2.05) is 0 Å². The van der Waals surface area contributed by atoms with Gasteiger partial charge >= 0.3 is 5.97 Å². The van der Waals surface area contributed by atoms with Crippen LogP contribution in [0.1, 0.15) is 47.0 Å². The van der Waals surface area contributed by atoms with E-state index in [-0.39, 0.29) is 11.0 Å². The van der Waals surface area contributed by atoms with Gasteiger partial charge in [0.05, 0.1) is 17.2 Å². The molecule has 144 valence electrons. The van der Waals surface area contributed by atoms with Crippen LogP contribution in [0.25, 0.3) is 0 Å². The first-order chi connectivity index (χ1) is 13.0. The van der Waals surface area contributed by atoms with Crippen molar-refractivity contribution in [3.8, 4) is 0 Å². The van der Waals surface area contributed by atoms with Gasteiger partial charge in [0.15, 0.2) is 5.11 Å². The fraction of sp³-hybridized carbons (Fsp3) is 0.368. The molecule has 0 bridgehead atoms. The van der Waals surface area contributed by atoms with Crippen molar-refractivity contribution in [3.05, 3.63) is 45.0 Å². The van der Waals surface area contributed by atoms with Crippen LogP contribution >= 0.6 is 35.2 Å². The molecule has 0 unspecified atom stereocenters. The number of ether oxygens (including phenoxy) is 1. The van der Waals surface area contributed by atoms with E-state index in [1.165, 1.54) is 17.0 Å². The lowest BCUT2D eigenvalue weighted by atomic mass is 10.1. The second-order valence-corrected chi connectivity index (χ2v) is 8.12. The molecule has 4 nitrogen and oxygen atoms in total. The maximum Gasteiger partial charge on any atom is 0.341 e. The summed E-state index contributed by atoms with van der Waals surface area (Å²) >= 11 is 12.7. The van der Waals surface area contributed by atoms with Crippen LogP contribution in [-0.4, -0.2) is 17.7 Å². The molecule has 0 saturated carbocycles. The highest BCUT2D eigenvalue weighted by Gasteiger charge is 2.26. The summed E-state index contributed by atoms with van der Waals surface area (Å²) in [4.78, 5) is 13.8. The van der Waals surface area contributed by atoms with Gasteiger partial charge in [-0.2, -0.15) is 0 Å². The molecule has 27 heavy (non-hydrogen) atoms. The summed E-state index contributed by atoms with van der Waals surface area (Å²) in [5.41, 5.74) is 2.22. The number of anilines is 2. The average molecular weight is 427 g/mol. The van der Waals surface area contributed by atoms with Gasteiger partial charge in [-0.15, -0.1) is 11.3 Å². The number of rotatable bonds is 4. The highest BCUT2D eigenvalue weighted by atomic mass is 35.5. The SMILES string of the molecule is CCOC(=O)c1c(NC(=S)Nc2ccc(F)c(Cl)c2)sc2c1CCCCC2. The molecule has 1 aromatic carbocycles. The first-order valence-electron chi connectivity index (χ1n) is 8.84. The van der Waals surface area contributed by atoms with E-state index in [2.05, 4.69) is 10.6 Å². The standard InChI is InChI=1S/C19H20ClFN2O2S2/c1-2-25-18(24)16-12-6-4-3-5-7-15(12)27-17(16)23-19(26)22-11-8-9-14(21)13(20)10-11/h8-10H,2-7H2,1H3,(H2,22,23,26). The van der Waals surface area contributed by atoms with Crippen molar-refractivity contribution in [2.75, 3.05) is 17.2 Å². The minimum atomic E-state index is -0.493. The van der Waals surface area contributed by atoms with Crippen LogP contribution in [-0.2, 0) is 17.6 Å². The fourth-order valence-corrected chi connectivity index (χ4v) is 4.84. The number of halogens is 2. The molecule has 0 aliphatic heterocycles. The number of carbonyl (C=O) groups is 1. The third kappa shape index (κ3) is 4.78. The molecule has 0 amide bonds. The van der Waals surface area contributed by atoms with Crippen molar-refractivity contribution in [2.45, 2.75) is 39.0 Å². The van der Waals surface area contributed by atoms with Crippen LogP contribution in [0.5, 0.6) is 0 Å². The number of thiocarbonyl (C=S) groups is 1. The summed E-state index contributed by atoms with van der Waals surface area (Å²) in [7, 11) is 0. The van der Waals surface area contributed by atoms with Crippen LogP contribution in [0.2, 0.25) is 5.02 Å². The van der Waals surface area contributed by atoms with Gasteiger partial charge in [-0.3, -0.25) is 0 Å². The highest BCUT2D eigenvalue weighted by molar-refractivity contribution is 7.80. The number of fused-ring (bicyclic) bond motifs is 1.